The van der Waals surface area contributed by atoms with Gasteiger partial charge in [0, 0.05) is 25.2 Å². The van der Waals surface area contributed by atoms with Gasteiger partial charge in [-0.15, -0.1) is 0 Å². The number of carbonyl (C=O) groups excluding carboxylic acids is 4. The van der Waals surface area contributed by atoms with E-state index in [9.17, 15) is 24.3 Å². The summed E-state index contributed by atoms with van der Waals surface area (Å²) in [7, 11) is 0. The number of carbonyl (C=O) groups is 4. The SMILES string of the molecule is CCC(=C(c1ccc(O)cc1)c1ccc(OCCN2CCC(CNc3ccc4c(c3)C(=O)N(C3CCC(=O)NC3=O)C4=O)CC2)cc1)c1ccccc1. The van der Waals surface area contributed by atoms with E-state index < -0.39 is 29.7 Å². The number of allylic oxidation sites excluding steroid dienone is 1. The molecule has 3 aliphatic rings. The molecule has 53 heavy (non-hydrogen) atoms. The smallest absolute Gasteiger partial charge is 0.262 e. The number of nitrogens with one attached hydrogen (secondary N) is 2. The lowest BCUT2D eigenvalue weighted by Gasteiger charge is -2.32. The standard InChI is InChI=1S/C43H44N4O6/c1-2-35(29-6-4-3-5-7-29)40(30-8-13-33(48)14-9-30)31-10-15-34(16-11-31)53-25-24-46-22-20-28(21-23-46)27-44-32-12-17-36-37(26-32)43(52)47(42(36)51)38-18-19-39(49)45-41(38)50/h3-17,26,28,38,44,48H,2,18-25,27H2,1H3,(H,45,49,50). The summed E-state index contributed by atoms with van der Waals surface area (Å²) in [5.41, 5.74) is 7.01. The Morgan fingerprint density at radius 3 is 2.17 bits per heavy atom. The highest BCUT2D eigenvalue weighted by Gasteiger charge is 2.44. The first kappa shape index (κ1) is 35.7. The number of piperidine rings is 2. The highest BCUT2D eigenvalue weighted by molar-refractivity contribution is 6.23. The topological polar surface area (TPSA) is 128 Å². The van der Waals surface area contributed by atoms with Crippen molar-refractivity contribution in [2.45, 2.75) is 45.1 Å². The van der Waals surface area contributed by atoms with E-state index in [4.69, 9.17) is 4.74 Å². The van der Waals surface area contributed by atoms with E-state index in [0.29, 0.717) is 12.5 Å². The average molecular weight is 713 g/mol. The van der Waals surface area contributed by atoms with E-state index in [2.05, 4.69) is 58.9 Å². The summed E-state index contributed by atoms with van der Waals surface area (Å²) in [6.07, 6.45) is 3.14. The largest absolute Gasteiger partial charge is 0.508 e. The third-order valence-electron chi connectivity index (χ3n) is 10.5. The summed E-state index contributed by atoms with van der Waals surface area (Å²) in [4.78, 5) is 53.5. The number of hydrogen-bond donors (Lipinski definition) is 3. The summed E-state index contributed by atoms with van der Waals surface area (Å²) in [5.74, 6) is -0.475. The van der Waals surface area contributed by atoms with Gasteiger partial charge in [-0.3, -0.25) is 34.3 Å². The zero-order valence-corrected chi connectivity index (χ0v) is 29.8. The van der Waals surface area contributed by atoms with Gasteiger partial charge in [-0.05, 0) is 115 Å². The molecule has 0 aliphatic carbocycles. The number of phenols is 1. The lowest BCUT2D eigenvalue weighted by molar-refractivity contribution is -0.136. The van der Waals surface area contributed by atoms with Crippen LogP contribution >= 0.6 is 0 Å². The van der Waals surface area contributed by atoms with Gasteiger partial charge >= 0.3 is 0 Å². The second-order valence-corrected chi connectivity index (χ2v) is 13.9. The molecule has 10 nitrogen and oxygen atoms in total. The van der Waals surface area contributed by atoms with E-state index in [0.717, 1.165) is 78.5 Å². The zero-order chi connectivity index (χ0) is 36.9. The lowest BCUT2D eigenvalue weighted by atomic mass is 9.88. The van der Waals surface area contributed by atoms with Gasteiger partial charge < -0.3 is 15.2 Å². The molecule has 4 amide bonds. The van der Waals surface area contributed by atoms with Crippen LogP contribution in [0.3, 0.4) is 0 Å². The molecule has 0 bridgehead atoms. The molecule has 0 radical (unpaired) electrons. The van der Waals surface area contributed by atoms with Crippen LogP contribution < -0.4 is 15.4 Å². The number of ether oxygens (including phenoxy) is 1. The normalized spacial score (nSPS) is 18.4. The zero-order valence-electron chi connectivity index (χ0n) is 29.8. The number of hydrogen-bond acceptors (Lipinski definition) is 8. The van der Waals surface area contributed by atoms with Gasteiger partial charge in [-0.1, -0.05) is 61.5 Å². The van der Waals surface area contributed by atoms with Crippen LogP contribution in [0.2, 0.25) is 0 Å². The first-order valence-corrected chi connectivity index (χ1v) is 18.4. The second kappa shape index (κ2) is 15.9. The van der Waals surface area contributed by atoms with E-state index in [1.807, 2.05) is 30.3 Å². The molecule has 1 unspecified atom stereocenters. The van der Waals surface area contributed by atoms with Crippen LogP contribution in [0.4, 0.5) is 5.69 Å². The van der Waals surface area contributed by atoms with E-state index in [1.54, 1.807) is 30.3 Å². The van der Waals surface area contributed by atoms with Gasteiger partial charge in [-0.25, -0.2) is 0 Å². The number of amides is 4. The fourth-order valence-corrected chi connectivity index (χ4v) is 7.58. The molecule has 3 N–H and O–H groups in total. The Balaban J connectivity index is 0.893. The highest BCUT2D eigenvalue weighted by Crippen LogP contribution is 2.36. The maximum absolute atomic E-state index is 13.2. The van der Waals surface area contributed by atoms with Crippen LogP contribution in [0, 0.1) is 5.92 Å². The van der Waals surface area contributed by atoms with Gasteiger partial charge in [0.05, 0.1) is 11.1 Å². The van der Waals surface area contributed by atoms with Gasteiger partial charge in [0.1, 0.15) is 24.1 Å². The molecule has 272 valence electrons. The van der Waals surface area contributed by atoms with Crippen molar-refractivity contribution in [3.63, 3.8) is 0 Å². The maximum Gasteiger partial charge on any atom is 0.262 e. The summed E-state index contributed by atoms with van der Waals surface area (Å²) in [6, 6.07) is 30.2. The van der Waals surface area contributed by atoms with Gasteiger partial charge in [0.25, 0.3) is 11.8 Å². The Labute approximate surface area is 309 Å². The molecule has 4 aromatic rings. The van der Waals surface area contributed by atoms with Crippen molar-refractivity contribution in [1.82, 2.24) is 15.1 Å². The van der Waals surface area contributed by atoms with E-state index in [-0.39, 0.29) is 29.7 Å². The van der Waals surface area contributed by atoms with Crippen molar-refractivity contribution in [1.29, 1.82) is 0 Å². The number of nitrogens with zero attached hydrogens (tertiary/aromatic N) is 2. The minimum Gasteiger partial charge on any atom is -0.508 e. The van der Waals surface area contributed by atoms with Crippen molar-refractivity contribution in [2.75, 3.05) is 38.1 Å². The lowest BCUT2D eigenvalue weighted by Crippen LogP contribution is -2.54. The van der Waals surface area contributed by atoms with E-state index >= 15 is 0 Å². The van der Waals surface area contributed by atoms with Crippen LogP contribution in [0.1, 0.15) is 76.4 Å². The van der Waals surface area contributed by atoms with Gasteiger partial charge in [0.15, 0.2) is 0 Å². The summed E-state index contributed by atoms with van der Waals surface area (Å²) in [6.45, 7) is 6.27. The molecule has 2 fully saturated rings. The Bertz CT molecular complexity index is 2020. The molecule has 3 heterocycles. The fourth-order valence-electron chi connectivity index (χ4n) is 7.58. The fraction of sp³-hybridized carbons (Fsp3) is 0.302. The van der Waals surface area contributed by atoms with Gasteiger partial charge in [-0.2, -0.15) is 0 Å². The van der Waals surface area contributed by atoms with E-state index in [1.165, 1.54) is 11.1 Å². The third kappa shape index (κ3) is 7.88. The predicted molar refractivity (Wildman–Crippen MR) is 203 cm³/mol. The number of aromatic hydroxyl groups is 1. The average Bonchev–Trinajstić information content (AvgIpc) is 3.42. The molecule has 0 aromatic heterocycles. The van der Waals surface area contributed by atoms with Crippen LogP contribution in [-0.2, 0) is 9.59 Å². The molecule has 4 aromatic carbocycles. The Hall–Kier alpha value is -5.74. The predicted octanol–water partition coefficient (Wildman–Crippen LogP) is 6.37. The number of fused-ring (bicyclic) bond motifs is 1. The summed E-state index contributed by atoms with van der Waals surface area (Å²) >= 11 is 0. The molecule has 7 rings (SSSR count). The molecule has 0 saturated carbocycles. The van der Waals surface area contributed by atoms with Crippen LogP contribution in [-0.4, -0.2) is 77.4 Å². The van der Waals surface area contributed by atoms with Crippen molar-refractivity contribution >= 4 is 40.5 Å². The number of benzene rings is 4. The first-order chi connectivity index (χ1) is 25.8. The number of rotatable bonds is 12. The molecular formula is C43H44N4O6. The monoisotopic (exact) mass is 712 g/mol. The third-order valence-corrected chi connectivity index (χ3v) is 10.5. The molecule has 2 saturated heterocycles. The maximum atomic E-state index is 13.2. The number of imide groups is 2. The molecular weight excluding hydrogens is 668 g/mol. The van der Waals surface area contributed by atoms with Crippen molar-refractivity contribution in [3.8, 4) is 11.5 Å². The van der Waals surface area contributed by atoms with Crippen LogP contribution in [0.5, 0.6) is 11.5 Å². The minimum absolute atomic E-state index is 0.0918. The van der Waals surface area contributed by atoms with Crippen LogP contribution in [0.15, 0.2) is 97.1 Å². The number of likely N-dealkylation sites (tertiary alicyclic amines) is 1. The van der Waals surface area contributed by atoms with Crippen molar-refractivity contribution < 1.29 is 29.0 Å². The first-order valence-electron chi connectivity index (χ1n) is 18.4. The van der Waals surface area contributed by atoms with Crippen molar-refractivity contribution in [3.05, 3.63) is 125 Å². The van der Waals surface area contributed by atoms with Crippen LogP contribution in [0.25, 0.3) is 11.1 Å². The number of phenolic OH excluding ortho intramolecular Hbond substituents is 1. The Morgan fingerprint density at radius 1 is 0.811 bits per heavy atom. The number of anilines is 1. The minimum atomic E-state index is -0.972. The van der Waals surface area contributed by atoms with Crippen molar-refractivity contribution in [2.24, 2.45) is 5.92 Å². The summed E-state index contributed by atoms with van der Waals surface area (Å²) < 4.78 is 6.18. The van der Waals surface area contributed by atoms with Gasteiger partial charge in [0.2, 0.25) is 11.8 Å². The Morgan fingerprint density at radius 2 is 1.49 bits per heavy atom. The highest BCUT2D eigenvalue weighted by atomic mass is 16.5. The second-order valence-electron chi connectivity index (χ2n) is 13.9. The molecule has 10 heteroatoms. The molecule has 0 spiro atoms. The summed E-state index contributed by atoms with van der Waals surface area (Å²) in [5, 5.41) is 15.6. The Kier molecular flexibility index (Phi) is 10.7. The molecule has 3 aliphatic heterocycles. The quantitative estimate of drug-likeness (QED) is 0.114. The molecule has 1 atom stereocenters.